The van der Waals surface area contributed by atoms with E-state index in [0.29, 0.717) is 5.92 Å². The molecule has 3 heteroatoms. The van der Waals surface area contributed by atoms with E-state index in [1.54, 1.807) is 0 Å². The summed E-state index contributed by atoms with van der Waals surface area (Å²) in [6, 6.07) is 2.41. The maximum atomic E-state index is 9.15. The molecule has 14 heavy (non-hydrogen) atoms. The number of aliphatic hydroxyl groups is 1. The molecule has 2 unspecified atom stereocenters. The van der Waals surface area contributed by atoms with Gasteiger partial charge in [0.25, 0.3) is 0 Å². The Morgan fingerprint density at radius 2 is 2.43 bits per heavy atom. The molecule has 0 saturated heterocycles. The fraction of sp³-hybridized carbons (Fsp3) is 0.909. The molecule has 1 rings (SSSR count). The van der Waals surface area contributed by atoms with E-state index in [0.717, 1.165) is 32.2 Å². The summed E-state index contributed by atoms with van der Waals surface area (Å²) < 4.78 is 0. The van der Waals surface area contributed by atoms with Crippen LogP contribution in [0.3, 0.4) is 0 Å². The van der Waals surface area contributed by atoms with Crippen molar-refractivity contribution in [3.63, 3.8) is 0 Å². The molecular weight excluding hydrogens is 176 g/mol. The van der Waals surface area contributed by atoms with Crippen LogP contribution in [0, 0.1) is 17.2 Å². The average molecular weight is 196 g/mol. The van der Waals surface area contributed by atoms with Crippen molar-refractivity contribution in [2.75, 3.05) is 13.2 Å². The van der Waals surface area contributed by atoms with Gasteiger partial charge in [0.2, 0.25) is 0 Å². The predicted octanol–water partition coefficient (Wildman–Crippen LogP) is 1.43. The highest BCUT2D eigenvalue weighted by atomic mass is 16.3. The lowest BCUT2D eigenvalue weighted by Gasteiger charge is -2.22. The summed E-state index contributed by atoms with van der Waals surface area (Å²) in [5.74, 6) is 0.705. The number of nitriles is 1. The normalized spacial score (nSPS) is 31.6. The number of nitrogens with one attached hydrogen (secondary N) is 1. The predicted molar refractivity (Wildman–Crippen MR) is 55.7 cm³/mol. The molecule has 2 atom stereocenters. The van der Waals surface area contributed by atoms with Gasteiger partial charge in [0.15, 0.2) is 0 Å². The molecule has 3 nitrogen and oxygen atoms in total. The topological polar surface area (TPSA) is 56.0 Å². The van der Waals surface area contributed by atoms with E-state index in [1.807, 2.05) is 0 Å². The number of rotatable bonds is 5. The highest BCUT2D eigenvalue weighted by molar-refractivity contribution is 5.11. The average Bonchev–Trinajstić information content (AvgIpc) is 2.63. The minimum absolute atomic E-state index is 0.200. The maximum absolute atomic E-state index is 9.15. The van der Waals surface area contributed by atoms with Gasteiger partial charge in [-0.05, 0) is 38.1 Å². The number of hydrogen-bond donors (Lipinski definition) is 2. The second kappa shape index (κ2) is 5.33. The van der Waals surface area contributed by atoms with E-state index in [1.165, 1.54) is 6.42 Å². The molecule has 1 aliphatic rings. The monoisotopic (exact) mass is 196 g/mol. The van der Waals surface area contributed by atoms with Crippen molar-refractivity contribution in [2.24, 2.45) is 5.92 Å². The Kier molecular flexibility index (Phi) is 4.37. The summed E-state index contributed by atoms with van der Waals surface area (Å²) in [6.45, 7) is 3.14. The van der Waals surface area contributed by atoms with Gasteiger partial charge in [-0.15, -0.1) is 0 Å². The zero-order chi connectivity index (χ0) is 10.4. The van der Waals surface area contributed by atoms with Gasteiger partial charge < -0.3 is 5.11 Å². The Balaban J connectivity index is 2.40. The van der Waals surface area contributed by atoms with E-state index in [9.17, 15) is 0 Å². The first-order valence-corrected chi connectivity index (χ1v) is 5.53. The molecule has 0 radical (unpaired) electrons. The van der Waals surface area contributed by atoms with Crippen molar-refractivity contribution in [2.45, 2.75) is 44.6 Å². The summed E-state index contributed by atoms with van der Waals surface area (Å²) in [5, 5.41) is 21.1. The molecule has 0 aliphatic heterocycles. The van der Waals surface area contributed by atoms with Gasteiger partial charge in [0.1, 0.15) is 5.54 Å². The molecule has 1 saturated carbocycles. The minimum atomic E-state index is -0.296. The minimum Gasteiger partial charge on any atom is -0.396 e. The van der Waals surface area contributed by atoms with Gasteiger partial charge in [-0.3, -0.25) is 5.32 Å². The van der Waals surface area contributed by atoms with Crippen molar-refractivity contribution in [3.8, 4) is 6.07 Å². The SMILES string of the molecule is CCC1CCC(C#N)(NCCCO)C1. The summed E-state index contributed by atoms with van der Waals surface area (Å²) in [7, 11) is 0. The molecule has 0 aromatic carbocycles. The first kappa shape index (κ1) is 11.5. The van der Waals surface area contributed by atoms with Crippen LogP contribution in [0.5, 0.6) is 0 Å². The summed E-state index contributed by atoms with van der Waals surface area (Å²) in [6.07, 6.45) is 5.01. The molecule has 2 N–H and O–H groups in total. The number of aliphatic hydroxyl groups excluding tert-OH is 1. The smallest absolute Gasteiger partial charge is 0.107 e. The van der Waals surface area contributed by atoms with Gasteiger partial charge in [-0.2, -0.15) is 5.26 Å². The molecule has 0 spiro atoms. The van der Waals surface area contributed by atoms with Crippen molar-refractivity contribution in [1.82, 2.24) is 5.32 Å². The van der Waals surface area contributed by atoms with Gasteiger partial charge in [-0.25, -0.2) is 0 Å². The van der Waals surface area contributed by atoms with Crippen LogP contribution in [-0.4, -0.2) is 23.8 Å². The standard InChI is InChI=1S/C11H20N2O/c1-2-10-4-5-11(8-10,9-12)13-6-3-7-14/h10,13-14H,2-8H2,1H3. The largest absolute Gasteiger partial charge is 0.396 e. The van der Waals surface area contributed by atoms with Gasteiger partial charge in [-0.1, -0.05) is 13.3 Å². The highest BCUT2D eigenvalue weighted by Crippen LogP contribution is 2.35. The summed E-state index contributed by atoms with van der Waals surface area (Å²) in [4.78, 5) is 0. The third kappa shape index (κ3) is 2.70. The lowest BCUT2D eigenvalue weighted by Crippen LogP contribution is -2.42. The molecular formula is C11H20N2O. The van der Waals surface area contributed by atoms with Crippen LogP contribution in [-0.2, 0) is 0 Å². The molecule has 1 fully saturated rings. The maximum Gasteiger partial charge on any atom is 0.107 e. The first-order valence-electron chi connectivity index (χ1n) is 5.53. The van der Waals surface area contributed by atoms with E-state index < -0.39 is 0 Å². The third-order valence-corrected chi connectivity index (χ3v) is 3.21. The fourth-order valence-corrected chi connectivity index (χ4v) is 2.20. The molecule has 0 heterocycles. The van der Waals surface area contributed by atoms with E-state index >= 15 is 0 Å². The van der Waals surface area contributed by atoms with Crippen LogP contribution < -0.4 is 5.32 Å². The molecule has 0 aromatic heterocycles. The molecule has 80 valence electrons. The van der Waals surface area contributed by atoms with Crippen LogP contribution in [0.1, 0.15) is 39.0 Å². The fourth-order valence-electron chi connectivity index (χ4n) is 2.20. The van der Waals surface area contributed by atoms with Crippen LogP contribution in [0.15, 0.2) is 0 Å². The van der Waals surface area contributed by atoms with Crippen LogP contribution in [0.25, 0.3) is 0 Å². The van der Waals surface area contributed by atoms with Crippen molar-refractivity contribution >= 4 is 0 Å². The quantitative estimate of drug-likeness (QED) is 0.654. The van der Waals surface area contributed by atoms with Crippen molar-refractivity contribution < 1.29 is 5.11 Å². The first-order chi connectivity index (χ1) is 6.76. The lowest BCUT2D eigenvalue weighted by atomic mass is 9.96. The summed E-state index contributed by atoms with van der Waals surface area (Å²) in [5.41, 5.74) is -0.296. The Morgan fingerprint density at radius 1 is 1.64 bits per heavy atom. The molecule has 0 aromatic rings. The zero-order valence-electron chi connectivity index (χ0n) is 8.92. The molecule has 0 bridgehead atoms. The zero-order valence-corrected chi connectivity index (χ0v) is 8.92. The lowest BCUT2D eigenvalue weighted by molar-refractivity contribution is 0.277. The molecule has 0 amide bonds. The highest BCUT2D eigenvalue weighted by Gasteiger charge is 2.37. The van der Waals surface area contributed by atoms with Gasteiger partial charge >= 0.3 is 0 Å². The van der Waals surface area contributed by atoms with Crippen LogP contribution in [0.2, 0.25) is 0 Å². The van der Waals surface area contributed by atoms with Gasteiger partial charge in [0.05, 0.1) is 6.07 Å². The van der Waals surface area contributed by atoms with Gasteiger partial charge in [0, 0.05) is 6.61 Å². The van der Waals surface area contributed by atoms with E-state index in [-0.39, 0.29) is 12.1 Å². The summed E-state index contributed by atoms with van der Waals surface area (Å²) >= 11 is 0. The Bertz CT molecular complexity index is 212. The number of hydrogen-bond acceptors (Lipinski definition) is 3. The van der Waals surface area contributed by atoms with E-state index in [2.05, 4.69) is 18.3 Å². The third-order valence-electron chi connectivity index (χ3n) is 3.21. The Morgan fingerprint density at radius 3 is 2.93 bits per heavy atom. The number of nitrogens with zero attached hydrogens (tertiary/aromatic N) is 1. The van der Waals surface area contributed by atoms with Crippen molar-refractivity contribution in [3.05, 3.63) is 0 Å². The van der Waals surface area contributed by atoms with Crippen molar-refractivity contribution in [1.29, 1.82) is 5.26 Å². The Hall–Kier alpha value is -0.590. The molecule has 1 aliphatic carbocycles. The van der Waals surface area contributed by atoms with E-state index in [4.69, 9.17) is 10.4 Å². The second-order valence-electron chi connectivity index (χ2n) is 4.21. The Labute approximate surface area is 86.1 Å². The second-order valence-corrected chi connectivity index (χ2v) is 4.21. The van der Waals surface area contributed by atoms with Crippen LogP contribution in [0.4, 0.5) is 0 Å². The van der Waals surface area contributed by atoms with Crippen LogP contribution >= 0.6 is 0 Å².